The first-order valence-corrected chi connectivity index (χ1v) is 7.40. The molecular weight excluding hydrogens is 246 g/mol. The Balaban J connectivity index is 1.94. The third-order valence-corrected chi connectivity index (χ3v) is 4.38. The summed E-state index contributed by atoms with van der Waals surface area (Å²) in [5, 5.41) is 13.2. The van der Waals surface area contributed by atoms with Gasteiger partial charge in [-0.05, 0) is 42.9 Å². The first kappa shape index (κ1) is 13.4. The summed E-state index contributed by atoms with van der Waals surface area (Å²) >= 11 is 1.86. The molecule has 0 bridgehead atoms. The molecule has 0 radical (unpaired) electrons. The Morgan fingerprint density at radius 1 is 1.39 bits per heavy atom. The first-order valence-electron chi connectivity index (χ1n) is 6.25. The van der Waals surface area contributed by atoms with Crippen LogP contribution in [0.4, 0.5) is 0 Å². The summed E-state index contributed by atoms with van der Waals surface area (Å²) in [6.45, 7) is 2.27. The molecule has 0 aromatic heterocycles. The largest absolute Gasteiger partial charge is 0.388 e. The van der Waals surface area contributed by atoms with Gasteiger partial charge in [-0.1, -0.05) is 18.2 Å². The number of hydrogen-bond donors (Lipinski definition) is 2. The molecule has 0 aliphatic carbocycles. The SMILES string of the molecule is Cc1ccccc1C(=O)NCC1(O)CCSCC1. The lowest BCUT2D eigenvalue weighted by atomic mass is 9.96. The predicted molar refractivity (Wildman–Crippen MR) is 75.0 cm³/mol. The Hall–Kier alpha value is -1.00. The van der Waals surface area contributed by atoms with E-state index in [0.717, 1.165) is 29.9 Å². The van der Waals surface area contributed by atoms with Gasteiger partial charge < -0.3 is 10.4 Å². The number of thioether (sulfide) groups is 1. The zero-order valence-electron chi connectivity index (χ0n) is 10.6. The molecular formula is C14H19NO2S. The molecule has 0 atom stereocenters. The van der Waals surface area contributed by atoms with Gasteiger partial charge in [0.1, 0.15) is 0 Å². The molecule has 1 aromatic carbocycles. The minimum absolute atomic E-state index is 0.0975. The minimum atomic E-state index is -0.719. The van der Waals surface area contributed by atoms with Crippen LogP contribution in [0.5, 0.6) is 0 Å². The van der Waals surface area contributed by atoms with Gasteiger partial charge in [0, 0.05) is 12.1 Å². The maximum Gasteiger partial charge on any atom is 0.251 e. The van der Waals surface area contributed by atoms with Gasteiger partial charge in [-0.2, -0.15) is 11.8 Å². The van der Waals surface area contributed by atoms with Gasteiger partial charge in [0.15, 0.2) is 0 Å². The van der Waals surface area contributed by atoms with Crippen molar-refractivity contribution < 1.29 is 9.90 Å². The fraction of sp³-hybridized carbons (Fsp3) is 0.500. The fourth-order valence-corrected chi connectivity index (χ4v) is 3.35. The Bertz CT molecular complexity index is 428. The smallest absolute Gasteiger partial charge is 0.251 e. The van der Waals surface area contributed by atoms with Crippen molar-refractivity contribution in [2.24, 2.45) is 0 Å². The van der Waals surface area contributed by atoms with Crippen LogP contribution in [0, 0.1) is 6.92 Å². The van der Waals surface area contributed by atoms with E-state index in [1.54, 1.807) is 0 Å². The Morgan fingerprint density at radius 2 is 2.06 bits per heavy atom. The molecule has 3 nitrogen and oxygen atoms in total. The summed E-state index contributed by atoms with van der Waals surface area (Å²) in [7, 11) is 0. The first-order chi connectivity index (χ1) is 8.61. The van der Waals surface area contributed by atoms with E-state index in [9.17, 15) is 9.90 Å². The quantitative estimate of drug-likeness (QED) is 0.878. The van der Waals surface area contributed by atoms with Crippen molar-refractivity contribution in [3.05, 3.63) is 35.4 Å². The van der Waals surface area contributed by atoms with Gasteiger partial charge in [0.05, 0.1) is 5.60 Å². The number of aryl methyl sites for hydroxylation is 1. The second-order valence-corrected chi connectivity index (χ2v) is 6.06. The highest BCUT2D eigenvalue weighted by Crippen LogP contribution is 2.26. The Labute approximate surface area is 112 Å². The second kappa shape index (κ2) is 5.76. The number of rotatable bonds is 3. The van der Waals surface area contributed by atoms with Crippen LogP contribution < -0.4 is 5.32 Å². The standard InChI is InChI=1S/C14H19NO2S/c1-11-4-2-3-5-12(11)13(16)15-10-14(17)6-8-18-9-7-14/h2-5,17H,6-10H2,1H3,(H,15,16). The van der Waals surface area contributed by atoms with Crippen molar-refractivity contribution in [2.45, 2.75) is 25.4 Å². The van der Waals surface area contributed by atoms with Crippen LogP contribution in [0.2, 0.25) is 0 Å². The maximum absolute atomic E-state index is 12.0. The average molecular weight is 265 g/mol. The molecule has 0 spiro atoms. The molecule has 1 saturated heterocycles. The molecule has 1 aliphatic heterocycles. The lowest BCUT2D eigenvalue weighted by Crippen LogP contribution is -2.45. The van der Waals surface area contributed by atoms with Crippen LogP contribution in [-0.2, 0) is 0 Å². The summed E-state index contributed by atoms with van der Waals surface area (Å²) < 4.78 is 0. The Morgan fingerprint density at radius 3 is 2.72 bits per heavy atom. The van der Waals surface area contributed by atoms with Crippen LogP contribution in [0.25, 0.3) is 0 Å². The molecule has 1 aromatic rings. The summed E-state index contributed by atoms with van der Waals surface area (Å²) in [4.78, 5) is 12.0. The lowest BCUT2D eigenvalue weighted by Gasteiger charge is -2.31. The highest BCUT2D eigenvalue weighted by atomic mass is 32.2. The number of amides is 1. The number of nitrogens with one attached hydrogen (secondary N) is 1. The highest BCUT2D eigenvalue weighted by Gasteiger charge is 2.29. The van der Waals surface area contributed by atoms with Crippen molar-refractivity contribution in [3.63, 3.8) is 0 Å². The normalized spacial score (nSPS) is 18.3. The molecule has 98 valence electrons. The molecule has 2 rings (SSSR count). The van der Waals surface area contributed by atoms with E-state index in [-0.39, 0.29) is 5.91 Å². The number of carbonyl (C=O) groups is 1. The van der Waals surface area contributed by atoms with E-state index in [2.05, 4.69) is 5.32 Å². The van der Waals surface area contributed by atoms with Crippen molar-refractivity contribution in [3.8, 4) is 0 Å². The maximum atomic E-state index is 12.0. The van der Waals surface area contributed by atoms with E-state index >= 15 is 0 Å². The van der Waals surface area contributed by atoms with Crippen LogP contribution in [0.1, 0.15) is 28.8 Å². The molecule has 2 N–H and O–H groups in total. The van der Waals surface area contributed by atoms with Crippen molar-refractivity contribution in [1.82, 2.24) is 5.32 Å². The predicted octanol–water partition coefficient (Wildman–Crippen LogP) is 1.98. The Kier molecular flexibility index (Phi) is 4.30. The van der Waals surface area contributed by atoms with Crippen LogP contribution in [0.3, 0.4) is 0 Å². The van der Waals surface area contributed by atoms with Crippen LogP contribution >= 0.6 is 11.8 Å². The minimum Gasteiger partial charge on any atom is -0.388 e. The zero-order valence-corrected chi connectivity index (χ0v) is 11.4. The van der Waals surface area contributed by atoms with Gasteiger partial charge in [-0.15, -0.1) is 0 Å². The lowest BCUT2D eigenvalue weighted by molar-refractivity contribution is 0.0311. The number of aliphatic hydroxyl groups is 1. The fourth-order valence-electron chi connectivity index (χ4n) is 2.10. The molecule has 0 saturated carbocycles. The number of hydrogen-bond acceptors (Lipinski definition) is 3. The van der Waals surface area contributed by atoms with Gasteiger partial charge >= 0.3 is 0 Å². The van der Waals surface area contributed by atoms with Crippen molar-refractivity contribution in [1.29, 1.82) is 0 Å². The van der Waals surface area contributed by atoms with Crippen molar-refractivity contribution in [2.75, 3.05) is 18.1 Å². The average Bonchev–Trinajstić information content (AvgIpc) is 2.38. The highest BCUT2D eigenvalue weighted by molar-refractivity contribution is 7.99. The monoisotopic (exact) mass is 265 g/mol. The van der Waals surface area contributed by atoms with Gasteiger partial charge in [-0.25, -0.2) is 0 Å². The van der Waals surface area contributed by atoms with Crippen LogP contribution in [-0.4, -0.2) is 34.7 Å². The summed E-state index contributed by atoms with van der Waals surface area (Å²) in [6, 6.07) is 7.50. The molecule has 1 amide bonds. The second-order valence-electron chi connectivity index (χ2n) is 4.83. The van der Waals surface area contributed by atoms with E-state index in [4.69, 9.17) is 0 Å². The molecule has 18 heavy (non-hydrogen) atoms. The van der Waals surface area contributed by atoms with E-state index in [0.29, 0.717) is 12.1 Å². The molecule has 1 heterocycles. The van der Waals surface area contributed by atoms with E-state index in [1.807, 2.05) is 43.0 Å². The molecule has 1 fully saturated rings. The van der Waals surface area contributed by atoms with Gasteiger partial charge in [-0.3, -0.25) is 4.79 Å². The van der Waals surface area contributed by atoms with Gasteiger partial charge in [0.2, 0.25) is 0 Å². The molecule has 0 unspecified atom stereocenters. The number of carbonyl (C=O) groups excluding carboxylic acids is 1. The third kappa shape index (κ3) is 3.27. The van der Waals surface area contributed by atoms with Crippen molar-refractivity contribution >= 4 is 17.7 Å². The third-order valence-electron chi connectivity index (χ3n) is 3.39. The summed E-state index contributed by atoms with van der Waals surface area (Å²) in [5.74, 6) is 1.84. The van der Waals surface area contributed by atoms with Gasteiger partial charge in [0.25, 0.3) is 5.91 Å². The summed E-state index contributed by atoms with van der Waals surface area (Å²) in [5.41, 5.74) is 0.927. The van der Waals surface area contributed by atoms with E-state index in [1.165, 1.54) is 0 Å². The topological polar surface area (TPSA) is 49.3 Å². The number of benzene rings is 1. The zero-order chi connectivity index (χ0) is 13.0. The van der Waals surface area contributed by atoms with Crippen LogP contribution in [0.15, 0.2) is 24.3 Å². The molecule has 1 aliphatic rings. The molecule has 4 heteroatoms. The van der Waals surface area contributed by atoms with E-state index < -0.39 is 5.60 Å². The summed E-state index contributed by atoms with van der Waals surface area (Å²) in [6.07, 6.45) is 1.51.